The fourth-order valence-electron chi connectivity index (χ4n) is 3.95. The van der Waals surface area contributed by atoms with Gasteiger partial charge in [-0.25, -0.2) is 0 Å². The SMILES string of the molecule is CNCCC(=O)N1CCc2c([nH]c3ccc(Cl)cc23)C1c1cccc(O)c1. The quantitative estimate of drug-likeness (QED) is 0.644. The molecule has 0 saturated carbocycles. The summed E-state index contributed by atoms with van der Waals surface area (Å²) in [6, 6.07) is 12.7. The number of hydrogen-bond donors (Lipinski definition) is 3. The Morgan fingerprint density at radius 2 is 2.19 bits per heavy atom. The van der Waals surface area contributed by atoms with Gasteiger partial charge in [-0.2, -0.15) is 0 Å². The van der Waals surface area contributed by atoms with Gasteiger partial charge in [0.1, 0.15) is 5.75 Å². The van der Waals surface area contributed by atoms with E-state index in [4.69, 9.17) is 11.6 Å². The molecule has 4 rings (SSSR count). The maximum Gasteiger partial charge on any atom is 0.224 e. The fraction of sp³-hybridized carbons (Fsp3) is 0.286. The van der Waals surface area contributed by atoms with Gasteiger partial charge in [0.05, 0.1) is 6.04 Å². The van der Waals surface area contributed by atoms with Crippen molar-refractivity contribution in [2.24, 2.45) is 0 Å². The number of nitrogens with one attached hydrogen (secondary N) is 2. The molecule has 1 aliphatic rings. The number of hydrogen-bond acceptors (Lipinski definition) is 3. The molecule has 0 aliphatic carbocycles. The average Bonchev–Trinajstić information content (AvgIpc) is 3.03. The van der Waals surface area contributed by atoms with Crippen molar-refractivity contribution >= 4 is 28.4 Å². The van der Waals surface area contributed by atoms with Crippen LogP contribution >= 0.6 is 11.6 Å². The van der Waals surface area contributed by atoms with E-state index in [0.717, 1.165) is 28.6 Å². The van der Waals surface area contributed by atoms with Crippen LogP contribution in [-0.4, -0.2) is 41.0 Å². The van der Waals surface area contributed by atoms with E-state index in [1.807, 2.05) is 42.3 Å². The molecule has 2 aromatic carbocycles. The lowest BCUT2D eigenvalue weighted by Crippen LogP contribution is -2.41. The smallest absolute Gasteiger partial charge is 0.224 e. The molecule has 1 atom stereocenters. The van der Waals surface area contributed by atoms with E-state index >= 15 is 0 Å². The van der Waals surface area contributed by atoms with Crippen molar-refractivity contribution in [3.63, 3.8) is 0 Å². The number of benzene rings is 2. The van der Waals surface area contributed by atoms with Gasteiger partial charge >= 0.3 is 0 Å². The fourth-order valence-corrected chi connectivity index (χ4v) is 4.12. The number of fused-ring (bicyclic) bond motifs is 3. The Morgan fingerprint density at radius 3 is 2.96 bits per heavy atom. The first-order valence-electron chi connectivity index (χ1n) is 9.11. The Bertz CT molecular complexity index is 998. The standard InChI is InChI=1S/C21H22ClN3O2/c1-23-9-7-19(27)25-10-8-16-17-12-14(22)5-6-18(17)24-20(16)21(25)13-3-2-4-15(26)11-13/h2-6,11-12,21,23-24,26H,7-10H2,1H3. The molecule has 2 heterocycles. The van der Waals surface area contributed by atoms with Crippen LogP contribution in [0.3, 0.4) is 0 Å². The summed E-state index contributed by atoms with van der Waals surface area (Å²) >= 11 is 6.21. The number of rotatable bonds is 4. The highest BCUT2D eigenvalue weighted by molar-refractivity contribution is 6.31. The average molecular weight is 384 g/mol. The Morgan fingerprint density at radius 1 is 1.33 bits per heavy atom. The molecule has 6 heteroatoms. The minimum atomic E-state index is -0.253. The van der Waals surface area contributed by atoms with E-state index < -0.39 is 0 Å². The minimum Gasteiger partial charge on any atom is -0.508 e. The second kappa shape index (κ2) is 7.25. The van der Waals surface area contributed by atoms with E-state index in [2.05, 4.69) is 10.3 Å². The Hall–Kier alpha value is -2.50. The zero-order valence-electron chi connectivity index (χ0n) is 15.1. The van der Waals surface area contributed by atoms with E-state index in [9.17, 15) is 9.90 Å². The third-order valence-corrected chi connectivity index (χ3v) is 5.42. The summed E-state index contributed by atoms with van der Waals surface area (Å²) in [5.41, 5.74) is 4.10. The number of aromatic hydroxyl groups is 1. The zero-order chi connectivity index (χ0) is 19.0. The molecule has 0 saturated heterocycles. The van der Waals surface area contributed by atoms with Gasteiger partial charge in [0.25, 0.3) is 0 Å². The topological polar surface area (TPSA) is 68.4 Å². The molecule has 1 aliphatic heterocycles. The predicted octanol–water partition coefficient (Wildman–Crippen LogP) is 3.61. The second-order valence-electron chi connectivity index (χ2n) is 6.90. The molecule has 1 amide bonds. The Labute approximate surface area is 162 Å². The Kier molecular flexibility index (Phi) is 4.81. The largest absolute Gasteiger partial charge is 0.508 e. The highest BCUT2D eigenvalue weighted by Crippen LogP contribution is 2.39. The lowest BCUT2D eigenvalue weighted by Gasteiger charge is -2.36. The summed E-state index contributed by atoms with van der Waals surface area (Å²) in [6.07, 6.45) is 1.21. The lowest BCUT2D eigenvalue weighted by molar-refractivity contribution is -0.133. The van der Waals surface area contributed by atoms with Crippen LogP contribution in [0.25, 0.3) is 10.9 Å². The molecular formula is C21H22ClN3O2. The molecule has 3 N–H and O–H groups in total. The molecule has 3 aromatic rings. The van der Waals surface area contributed by atoms with E-state index in [1.165, 1.54) is 5.56 Å². The van der Waals surface area contributed by atoms with Crippen molar-refractivity contribution in [2.75, 3.05) is 20.1 Å². The molecule has 1 unspecified atom stereocenters. The number of phenolic OH excluding ortho intramolecular Hbond substituents is 1. The van der Waals surface area contributed by atoms with Crippen LogP contribution in [0.5, 0.6) is 5.75 Å². The van der Waals surface area contributed by atoms with Crippen LogP contribution in [-0.2, 0) is 11.2 Å². The van der Waals surface area contributed by atoms with Gasteiger partial charge < -0.3 is 20.3 Å². The highest BCUT2D eigenvalue weighted by Gasteiger charge is 2.34. The third kappa shape index (κ3) is 3.29. The number of carbonyl (C=O) groups excluding carboxylic acids is 1. The van der Waals surface area contributed by atoms with Gasteiger partial charge in [0.15, 0.2) is 0 Å². The maximum absolute atomic E-state index is 12.9. The summed E-state index contributed by atoms with van der Waals surface area (Å²) in [7, 11) is 1.84. The van der Waals surface area contributed by atoms with Crippen molar-refractivity contribution in [1.82, 2.24) is 15.2 Å². The molecular weight excluding hydrogens is 362 g/mol. The lowest BCUT2D eigenvalue weighted by atomic mass is 9.92. The van der Waals surface area contributed by atoms with Gasteiger partial charge in [0, 0.05) is 41.1 Å². The number of nitrogens with zero attached hydrogens (tertiary/aromatic N) is 1. The Balaban J connectivity index is 1.85. The van der Waals surface area contributed by atoms with Crippen molar-refractivity contribution < 1.29 is 9.90 Å². The number of amides is 1. The summed E-state index contributed by atoms with van der Waals surface area (Å²) in [4.78, 5) is 18.3. The van der Waals surface area contributed by atoms with Gasteiger partial charge in [-0.3, -0.25) is 4.79 Å². The first kappa shape index (κ1) is 17.9. The third-order valence-electron chi connectivity index (χ3n) is 5.18. The molecule has 140 valence electrons. The molecule has 1 aromatic heterocycles. The van der Waals surface area contributed by atoms with Gasteiger partial charge in [-0.05, 0) is 54.9 Å². The summed E-state index contributed by atoms with van der Waals surface area (Å²) < 4.78 is 0. The molecule has 0 fully saturated rings. The highest BCUT2D eigenvalue weighted by atomic mass is 35.5. The number of aromatic nitrogens is 1. The van der Waals surface area contributed by atoms with Crippen molar-refractivity contribution in [3.8, 4) is 5.75 Å². The van der Waals surface area contributed by atoms with Crippen LogP contribution in [0.4, 0.5) is 0 Å². The second-order valence-corrected chi connectivity index (χ2v) is 7.33. The number of carbonyl (C=O) groups is 1. The minimum absolute atomic E-state index is 0.0973. The van der Waals surface area contributed by atoms with Crippen LogP contribution < -0.4 is 5.32 Å². The molecule has 0 bridgehead atoms. The summed E-state index contributed by atoms with van der Waals surface area (Å²) in [5, 5.41) is 14.8. The van der Waals surface area contributed by atoms with E-state index in [1.54, 1.807) is 12.1 Å². The summed E-state index contributed by atoms with van der Waals surface area (Å²) in [5.74, 6) is 0.293. The van der Waals surface area contributed by atoms with Crippen LogP contribution in [0.2, 0.25) is 5.02 Å². The van der Waals surface area contributed by atoms with Crippen molar-refractivity contribution in [3.05, 3.63) is 64.3 Å². The summed E-state index contributed by atoms with van der Waals surface area (Å²) in [6.45, 7) is 1.27. The first-order chi connectivity index (χ1) is 13.1. The van der Waals surface area contributed by atoms with Gasteiger partial charge in [-0.15, -0.1) is 0 Å². The van der Waals surface area contributed by atoms with Crippen LogP contribution in [0, 0.1) is 0 Å². The van der Waals surface area contributed by atoms with Crippen molar-refractivity contribution in [2.45, 2.75) is 18.9 Å². The number of H-pyrrole nitrogens is 1. The van der Waals surface area contributed by atoms with E-state index in [0.29, 0.717) is 24.5 Å². The van der Waals surface area contributed by atoms with E-state index in [-0.39, 0.29) is 17.7 Å². The number of aromatic amines is 1. The van der Waals surface area contributed by atoms with Crippen LogP contribution in [0.1, 0.15) is 29.3 Å². The van der Waals surface area contributed by atoms with Gasteiger partial charge in [-0.1, -0.05) is 23.7 Å². The monoisotopic (exact) mass is 383 g/mol. The molecule has 5 nitrogen and oxygen atoms in total. The maximum atomic E-state index is 12.9. The number of phenols is 1. The molecule has 0 spiro atoms. The van der Waals surface area contributed by atoms with Crippen molar-refractivity contribution in [1.29, 1.82) is 0 Å². The molecule has 27 heavy (non-hydrogen) atoms. The number of halogens is 1. The van der Waals surface area contributed by atoms with Crippen LogP contribution in [0.15, 0.2) is 42.5 Å². The normalized spacial score (nSPS) is 16.5. The predicted molar refractivity (Wildman–Crippen MR) is 107 cm³/mol. The molecule has 0 radical (unpaired) electrons. The zero-order valence-corrected chi connectivity index (χ0v) is 15.9. The van der Waals surface area contributed by atoms with Gasteiger partial charge in [0.2, 0.25) is 5.91 Å². The first-order valence-corrected chi connectivity index (χ1v) is 9.49.